The summed E-state index contributed by atoms with van der Waals surface area (Å²) in [6, 6.07) is 5.49. The van der Waals surface area contributed by atoms with E-state index in [1.165, 1.54) is 109 Å². The molecule has 0 aromatic carbocycles. The monoisotopic (exact) mass is 864 g/mol. The summed E-state index contributed by atoms with van der Waals surface area (Å²) in [7, 11) is 0.0508. The van der Waals surface area contributed by atoms with Crippen LogP contribution in [0.5, 0.6) is 0 Å². The van der Waals surface area contributed by atoms with Crippen LogP contribution < -0.4 is 0 Å². The van der Waals surface area contributed by atoms with Gasteiger partial charge in [0.15, 0.2) is 0 Å². The predicted octanol–water partition coefficient (Wildman–Crippen LogP) is 15.1. The van der Waals surface area contributed by atoms with Gasteiger partial charge in [0.25, 0.3) is 0 Å². The van der Waals surface area contributed by atoms with E-state index in [9.17, 15) is 5.41 Å². The molecule has 1 rings (SSSR count). The molecule has 56 heavy (non-hydrogen) atoms. The van der Waals surface area contributed by atoms with Gasteiger partial charge in [-0.15, -0.1) is 13.2 Å². The molecule has 0 atom stereocenters. The van der Waals surface area contributed by atoms with Gasteiger partial charge in [0.05, 0.1) is 18.0 Å². The van der Waals surface area contributed by atoms with E-state index in [1.807, 2.05) is 45.5 Å². The smallest absolute Gasteiger partial charge is 0.806 e. The van der Waals surface area contributed by atoms with Crippen LogP contribution in [0.2, 0.25) is 19.6 Å². The van der Waals surface area contributed by atoms with Crippen molar-refractivity contribution in [2.45, 2.75) is 191 Å². The Bertz CT molecular complexity index is 950. The molecule has 0 aliphatic heterocycles. The zero-order chi connectivity index (χ0) is 42.1. The Morgan fingerprint density at radius 3 is 1.55 bits per heavy atom. The van der Waals surface area contributed by atoms with Crippen LogP contribution in [0.1, 0.15) is 183 Å². The van der Waals surface area contributed by atoms with Crippen molar-refractivity contribution in [2.75, 3.05) is 26.9 Å². The summed E-state index contributed by atoms with van der Waals surface area (Å²) in [5.41, 5.74) is 2.49. The number of aromatic nitrogens is 1. The first-order chi connectivity index (χ1) is 26.0. The first-order valence-corrected chi connectivity index (χ1v) is 25.9. The van der Waals surface area contributed by atoms with E-state index in [4.69, 9.17) is 13.3 Å². The fraction of sp³-hybridized carbons (Fsp3) is 0.702. The maximum atomic E-state index is 9.22. The van der Waals surface area contributed by atoms with Gasteiger partial charge in [-0.25, -0.2) is 4.98 Å². The van der Waals surface area contributed by atoms with Gasteiger partial charge < -0.3 is 26.1 Å². The van der Waals surface area contributed by atoms with Crippen molar-refractivity contribution in [1.29, 1.82) is 0 Å². The Balaban J connectivity index is -0.000000104. The third-order valence-electron chi connectivity index (χ3n) is 7.46. The molecule has 0 amide bonds. The summed E-state index contributed by atoms with van der Waals surface area (Å²) in [5, 5.41) is 9.22. The van der Waals surface area contributed by atoms with Crippen LogP contribution in [0.3, 0.4) is 0 Å². The standard InChI is InChI=1S/C10H12N3.C9H20.C9H18.C8H16.C5H14O2Si.C5H11OSi.CH3.Co/c1-7(11)9-5-4-6-10(13-9)8(2)12-3;2*1-3-5-7-9-8-6-4-2;1-3-5-7-8-6-4-2;1-4-6-8(3)7-5-2;1-4-5-6-7(2)3;;/h4-6H,1-3H3;3-9H2,1-2H3;5,7H,3-4,6,8-9H2,1-2H3;3H,1,4-8H2,2H3;8H,4-5H2,1-3H3;4H,1,5H2,2-3H3;1H3;/q-1;;;;;;-1;+2. The maximum absolute atomic E-state index is 9.22. The van der Waals surface area contributed by atoms with E-state index in [0.29, 0.717) is 12.3 Å². The number of rotatable bonds is 25. The molecule has 0 saturated carbocycles. The summed E-state index contributed by atoms with van der Waals surface area (Å²) in [6.07, 6.45) is 31.4. The van der Waals surface area contributed by atoms with Gasteiger partial charge in [0.2, 0.25) is 9.04 Å². The van der Waals surface area contributed by atoms with Gasteiger partial charge in [0, 0.05) is 26.0 Å². The fourth-order valence-corrected chi connectivity index (χ4v) is 5.72. The minimum Gasteiger partial charge on any atom is -0.806 e. The van der Waals surface area contributed by atoms with Crippen molar-refractivity contribution in [3.63, 3.8) is 0 Å². The minimum atomic E-state index is -1.20. The van der Waals surface area contributed by atoms with Gasteiger partial charge >= 0.3 is 26.1 Å². The molecule has 0 aliphatic rings. The summed E-state index contributed by atoms with van der Waals surface area (Å²) < 4.78 is 15.6. The number of nitrogens with zero attached hydrogens (tertiary/aromatic N) is 3. The number of hydrogen-bond acceptors (Lipinski definition) is 5. The van der Waals surface area contributed by atoms with Crippen LogP contribution >= 0.6 is 0 Å². The van der Waals surface area contributed by atoms with Gasteiger partial charge in [-0.1, -0.05) is 149 Å². The van der Waals surface area contributed by atoms with Crippen molar-refractivity contribution >= 4 is 29.7 Å². The SMILES string of the molecule is C=CCCCCCC.C=CCO[Si](C)C.CCC=CCCCCC.CCCCCCCCC.CCO[SiH](C)OCC.CN=C(C)c1cccc(C(C)=[N-])n1.[CH3-].[Co+2]. The van der Waals surface area contributed by atoms with Crippen LogP contribution in [-0.4, -0.2) is 61.6 Å². The molecular weight excluding hydrogens is 770 g/mol. The second-order valence-electron chi connectivity index (χ2n) is 13.1. The normalized spacial score (nSPS) is 10.0. The summed E-state index contributed by atoms with van der Waals surface area (Å²) in [5.74, 6) is 0. The molecule has 2 radical (unpaired) electrons. The van der Waals surface area contributed by atoms with Gasteiger partial charge in [0.1, 0.15) is 0 Å². The molecule has 0 bridgehead atoms. The summed E-state index contributed by atoms with van der Waals surface area (Å²) in [4.78, 5) is 8.25. The van der Waals surface area contributed by atoms with Gasteiger partial charge in [-0.2, -0.15) is 5.71 Å². The van der Waals surface area contributed by atoms with Crippen LogP contribution in [-0.2, 0) is 30.1 Å². The van der Waals surface area contributed by atoms with Crippen molar-refractivity contribution in [3.8, 4) is 0 Å². The van der Waals surface area contributed by atoms with E-state index in [0.717, 1.165) is 24.6 Å². The Morgan fingerprint density at radius 1 is 0.732 bits per heavy atom. The summed E-state index contributed by atoms with van der Waals surface area (Å²) >= 11 is 0. The Kier molecular flexibility index (Phi) is 77.5. The van der Waals surface area contributed by atoms with Crippen LogP contribution in [0.4, 0.5) is 0 Å². The average Bonchev–Trinajstić information content (AvgIpc) is 3.17. The Labute approximate surface area is 366 Å². The molecular formula is C47H94CoN3O3Si2. The number of unbranched alkanes of at least 4 members (excludes halogenated alkanes) is 13. The zero-order valence-corrected chi connectivity index (χ0v) is 42.8. The van der Waals surface area contributed by atoms with E-state index in [2.05, 4.69) is 83.0 Å². The van der Waals surface area contributed by atoms with Crippen molar-refractivity contribution in [1.82, 2.24) is 4.98 Å². The molecule has 0 N–H and O–H groups in total. The molecule has 0 spiro atoms. The van der Waals surface area contributed by atoms with E-state index in [1.54, 1.807) is 26.1 Å². The van der Waals surface area contributed by atoms with Gasteiger partial charge in [-0.3, -0.25) is 4.99 Å². The van der Waals surface area contributed by atoms with Gasteiger partial charge in [-0.05, 0) is 84.6 Å². The minimum absolute atomic E-state index is 0. The third-order valence-corrected chi connectivity index (χ3v) is 9.81. The molecule has 1 aromatic rings. The Hall–Kier alpha value is -1.47. The fourth-order valence-electron chi connectivity index (χ4n) is 4.24. The molecule has 1 aromatic heterocycles. The molecule has 0 fully saturated rings. The van der Waals surface area contributed by atoms with Crippen molar-refractivity contribution in [2.24, 2.45) is 4.99 Å². The average molecular weight is 864 g/mol. The molecule has 332 valence electrons. The molecule has 0 saturated heterocycles. The second kappa shape index (κ2) is 62.7. The first-order valence-electron chi connectivity index (χ1n) is 21.4. The summed E-state index contributed by atoms with van der Waals surface area (Å²) in [6.45, 7) is 34.4. The number of aliphatic imine (C=N–C) groups is 1. The largest absolute Gasteiger partial charge is 2.00 e. The number of pyridine rings is 1. The molecule has 0 unspecified atom stereocenters. The van der Waals surface area contributed by atoms with Crippen LogP contribution in [0.25, 0.3) is 5.41 Å². The predicted molar refractivity (Wildman–Crippen MR) is 258 cm³/mol. The Morgan fingerprint density at radius 2 is 1.18 bits per heavy atom. The first kappa shape index (κ1) is 69.2. The quantitative estimate of drug-likeness (QED) is 0.0323. The van der Waals surface area contributed by atoms with E-state index < -0.39 is 18.3 Å². The third kappa shape index (κ3) is 67.3. The number of hydrogen-bond donors (Lipinski definition) is 0. The maximum Gasteiger partial charge on any atom is 2.00 e. The molecule has 6 nitrogen and oxygen atoms in total. The van der Waals surface area contributed by atoms with Crippen LogP contribution in [0, 0.1) is 7.43 Å². The second-order valence-corrected chi connectivity index (χ2v) is 17.0. The number of allylic oxidation sites excluding steroid dienone is 3. The molecule has 9 heteroatoms. The topological polar surface area (TPSA) is 75.2 Å². The molecule has 0 aliphatic carbocycles. The molecule has 1 heterocycles. The van der Waals surface area contributed by atoms with Crippen molar-refractivity contribution < 1.29 is 30.1 Å². The van der Waals surface area contributed by atoms with E-state index in [-0.39, 0.29) is 29.9 Å². The van der Waals surface area contributed by atoms with Crippen molar-refractivity contribution in [3.05, 3.63) is 79.9 Å². The van der Waals surface area contributed by atoms with E-state index >= 15 is 0 Å². The zero-order valence-electron chi connectivity index (χ0n) is 39.6. The van der Waals surface area contributed by atoms with Crippen LogP contribution in [0.15, 0.2) is 60.7 Å².